The van der Waals surface area contributed by atoms with Gasteiger partial charge in [0.05, 0.1) is 11.6 Å². The third-order valence-corrected chi connectivity index (χ3v) is 3.77. The fourth-order valence-corrected chi connectivity index (χ4v) is 2.42. The normalized spacial score (nSPS) is 12.6. The van der Waals surface area contributed by atoms with Gasteiger partial charge >= 0.3 is 12.2 Å². The zero-order chi connectivity index (χ0) is 18.6. The van der Waals surface area contributed by atoms with Crippen molar-refractivity contribution in [3.05, 3.63) is 71.0 Å². The molecule has 134 valence electrons. The highest BCUT2D eigenvalue weighted by molar-refractivity contribution is 5.74. The maximum absolute atomic E-state index is 13.2. The molecule has 0 fully saturated rings. The molecule has 2 aromatic rings. The Balaban J connectivity index is 2.06. The Labute approximate surface area is 143 Å². The molecule has 7 heteroatoms. The van der Waals surface area contributed by atoms with E-state index < -0.39 is 29.6 Å². The number of benzene rings is 2. The van der Waals surface area contributed by atoms with Crippen molar-refractivity contribution < 1.29 is 22.4 Å². The number of hydrogen-bond donors (Lipinski definition) is 1. The number of alkyl halides is 3. The fraction of sp³-hybridized carbons (Fsp3) is 0.278. The summed E-state index contributed by atoms with van der Waals surface area (Å²) in [5, 5.41) is 2.64. The van der Waals surface area contributed by atoms with Crippen LogP contribution in [0.5, 0.6) is 0 Å². The number of nitrogens with one attached hydrogen (secondary N) is 1. The molecule has 0 saturated heterocycles. The largest absolute Gasteiger partial charge is 0.416 e. The monoisotopic (exact) mass is 354 g/mol. The molecule has 1 atom stereocenters. The summed E-state index contributed by atoms with van der Waals surface area (Å²) >= 11 is 0. The number of hydrogen-bond acceptors (Lipinski definition) is 1. The van der Waals surface area contributed by atoms with Gasteiger partial charge in [0.15, 0.2) is 0 Å². The first-order valence-electron chi connectivity index (χ1n) is 7.60. The number of carbonyl (C=O) groups is 1. The molecule has 0 saturated carbocycles. The van der Waals surface area contributed by atoms with Crippen molar-refractivity contribution in [1.82, 2.24) is 10.2 Å². The molecule has 1 N–H and O–H groups in total. The van der Waals surface area contributed by atoms with E-state index >= 15 is 0 Å². The van der Waals surface area contributed by atoms with Gasteiger partial charge in [0, 0.05) is 13.6 Å². The molecule has 0 heterocycles. The molecule has 2 amide bonds. The predicted octanol–water partition coefficient (Wildman–Crippen LogP) is 4.75. The molecule has 2 aromatic carbocycles. The van der Waals surface area contributed by atoms with Crippen LogP contribution < -0.4 is 5.32 Å². The zero-order valence-electron chi connectivity index (χ0n) is 13.8. The van der Waals surface area contributed by atoms with Crippen molar-refractivity contribution in [3.63, 3.8) is 0 Å². The van der Waals surface area contributed by atoms with Crippen molar-refractivity contribution in [2.45, 2.75) is 25.7 Å². The molecule has 25 heavy (non-hydrogen) atoms. The van der Waals surface area contributed by atoms with Crippen LogP contribution in [0.2, 0.25) is 0 Å². The third-order valence-electron chi connectivity index (χ3n) is 3.77. The molecule has 0 bridgehead atoms. The van der Waals surface area contributed by atoms with Crippen molar-refractivity contribution in [1.29, 1.82) is 0 Å². The minimum absolute atomic E-state index is 0.00561. The summed E-state index contributed by atoms with van der Waals surface area (Å²) in [6, 6.07) is 9.85. The molecule has 0 radical (unpaired) electrons. The molecule has 0 aromatic heterocycles. The molecular formula is C18H18F4N2O. The molecule has 0 aliphatic heterocycles. The zero-order valence-corrected chi connectivity index (χ0v) is 13.8. The first-order chi connectivity index (χ1) is 11.7. The van der Waals surface area contributed by atoms with Crippen LogP contribution in [-0.4, -0.2) is 18.0 Å². The van der Waals surface area contributed by atoms with Crippen LogP contribution in [0.4, 0.5) is 22.4 Å². The number of nitrogens with zero attached hydrogens (tertiary/aromatic N) is 1. The van der Waals surface area contributed by atoms with Gasteiger partial charge in [-0.25, -0.2) is 9.18 Å². The van der Waals surface area contributed by atoms with E-state index in [1.165, 1.54) is 43.4 Å². The minimum Gasteiger partial charge on any atom is -0.331 e. The summed E-state index contributed by atoms with van der Waals surface area (Å²) in [5.74, 6) is -0.425. The Morgan fingerprint density at radius 2 is 1.84 bits per heavy atom. The first kappa shape index (κ1) is 18.8. The number of urea groups is 1. The first-order valence-corrected chi connectivity index (χ1v) is 7.60. The van der Waals surface area contributed by atoms with Crippen LogP contribution in [-0.2, 0) is 12.7 Å². The van der Waals surface area contributed by atoms with E-state index in [0.29, 0.717) is 5.56 Å². The highest BCUT2D eigenvalue weighted by Gasteiger charge is 2.33. The number of rotatable bonds is 4. The molecule has 0 unspecified atom stereocenters. The van der Waals surface area contributed by atoms with Gasteiger partial charge in [-0.3, -0.25) is 0 Å². The quantitative estimate of drug-likeness (QED) is 0.790. The van der Waals surface area contributed by atoms with Crippen LogP contribution in [0.1, 0.15) is 29.7 Å². The summed E-state index contributed by atoms with van der Waals surface area (Å²) in [7, 11) is 1.40. The number of halogens is 4. The minimum atomic E-state index is -4.48. The molecule has 0 spiro atoms. The van der Waals surface area contributed by atoms with Gasteiger partial charge in [0.1, 0.15) is 5.82 Å². The average molecular weight is 354 g/mol. The Morgan fingerprint density at radius 3 is 2.48 bits per heavy atom. The van der Waals surface area contributed by atoms with Gasteiger partial charge in [0.2, 0.25) is 0 Å². The van der Waals surface area contributed by atoms with Gasteiger partial charge in [0.25, 0.3) is 0 Å². The highest BCUT2D eigenvalue weighted by atomic mass is 19.4. The molecular weight excluding hydrogens is 336 g/mol. The van der Waals surface area contributed by atoms with Gasteiger partial charge in [-0.2, -0.15) is 13.2 Å². The van der Waals surface area contributed by atoms with Gasteiger partial charge < -0.3 is 10.2 Å². The van der Waals surface area contributed by atoms with Crippen molar-refractivity contribution in [3.8, 4) is 0 Å². The van der Waals surface area contributed by atoms with Crippen LogP contribution >= 0.6 is 0 Å². The van der Waals surface area contributed by atoms with E-state index in [0.717, 1.165) is 11.0 Å². The maximum atomic E-state index is 13.2. The van der Waals surface area contributed by atoms with E-state index in [1.54, 1.807) is 13.0 Å². The standard InChI is InChI=1S/C18H18F4N2O/c1-12(13-7-5-8-15(19)10-13)23-17(25)24(2)11-14-6-3-4-9-16(14)18(20,21)22/h3-10,12H,11H2,1-2H3,(H,23,25)/t12-/m0/s1. The Bertz CT molecular complexity index is 746. The van der Waals surface area contributed by atoms with E-state index in [4.69, 9.17) is 0 Å². The molecule has 0 aliphatic carbocycles. The Kier molecular flexibility index (Phi) is 5.66. The second-order valence-electron chi connectivity index (χ2n) is 5.74. The van der Waals surface area contributed by atoms with E-state index in [1.807, 2.05) is 0 Å². The lowest BCUT2D eigenvalue weighted by Gasteiger charge is -2.23. The molecule has 3 nitrogen and oxygen atoms in total. The van der Waals surface area contributed by atoms with Gasteiger partial charge in [-0.15, -0.1) is 0 Å². The van der Waals surface area contributed by atoms with Crippen molar-refractivity contribution in [2.24, 2.45) is 0 Å². The Hall–Kier alpha value is -2.57. The third kappa shape index (κ3) is 4.95. The summed E-state index contributed by atoms with van der Waals surface area (Å²) < 4.78 is 52.3. The van der Waals surface area contributed by atoms with Crippen LogP contribution in [0.25, 0.3) is 0 Å². The second kappa shape index (κ2) is 7.55. The smallest absolute Gasteiger partial charge is 0.331 e. The summed E-state index contributed by atoms with van der Waals surface area (Å²) in [6.07, 6.45) is -4.48. The lowest BCUT2D eigenvalue weighted by atomic mass is 10.1. The number of carbonyl (C=O) groups excluding carboxylic acids is 1. The molecule has 2 rings (SSSR count). The van der Waals surface area contributed by atoms with E-state index in [2.05, 4.69) is 5.32 Å². The highest BCUT2D eigenvalue weighted by Crippen LogP contribution is 2.32. The van der Waals surface area contributed by atoms with Crippen molar-refractivity contribution >= 4 is 6.03 Å². The lowest BCUT2D eigenvalue weighted by molar-refractivity contribution is -0.138. The van der Waals surface area contributed by atoms with Crippen LogP contribution in [0.15, 0.2) is 48.5 Å². The van der Waals surface area contributed by atoms with Gasteiger partial charge in [-0.05, 0) is 36.2 Å². The van der Waals surface area contributed by atoms with Crippen LogP contribution in [0.3, 0.4) is 0 Å². The Morgan fingerprint density at radius 1 is 1.16 bits per heavy atom. The van der Waals surface area contributed by atoms with E-state index in [-0.39, 0.29) is 12.1 Å². The summed E-state index contributed by atoms with van der Waals surface area (Å²) in [5.41, 5.74) is -0.198. The molecule has 0 aliphatic rings. The summed E-state index contributed by atoms with van der Waals surface area (Å²) in [6.45, 7) is 1.47. The summed E-state index contributed by atoms with van der Waals surface area (Å²) in [4.78, 5) is 13.4. The average Bonchev–Trinajstić information content (AvgIpc) is 2.54. The van der Waals surface area contributed by atoms with Crippen molar-refractivity contribution in [2.75, 3.05) is 7.05 Å². The number of amides is 2. The maximum Gasteiger partial charge on any atom is 0.416 e. The van der Waals surface area contributed by atoms with Gasteiger partial charge in [-0.1, -0.05) is 30.3 Å². The topological polar surface area (TPSA) is 32.3 Å². The van der Waals surface area contributed by atoms with Crippen LogP contribution in [0, 0.1) is 5.82 Å². The predicted molar refractivity (Wildman–Crippen MR) is 86.3 cm³/mol. The lowest BCUT2D eigenvalue weighted by Crippen LogP contribution is -2.38. The second-order valence-corrected chi connectivity index (χ2v) is 5.74. The SMILES string of the molecule is C[C@H](NC(=O)N(C)Cc1ccccc1C(F)(F)F)c1cccc(F)c1. The fourth-order valence-electron chi connectivity index (χ4n) is 2.42. The van der Waals surface area contributed by atoms with E-state index in [9.17, 15) is 22.4 Å².